The molecule has 3 heterocycles. The van der Waals surface area contributed by atoms with Gasteiger partial charge < -0.3 is 14.9 Å². The molecule has 2 saturated heterocycles. The SMILES string of the molecule is Cc1nc(N2C[C@H]3CN(C(=O)C=Cc4ccccc4)C[C@@]3(CO)C2)n(C)n1. The second-order valence-electron chi connectivity index (χ2n) is 7.64. The van der Waals surface area contributed by atoms with Crippen molar-refractivity contribution in [2.24, 2.45) is 18.4 Å². The Morgan fingerprint density at radius 3 is 2.70 bits per heavy atom. The van der Waals surface area contributed by atoms with E-state index in [0.717, 1.165) is 23.9 Å². The molecule has 2 atom stereocenters. The molecule has 2 aliphatic heterocycles. The molecule has 7 heteroatoms. The van der Waals surface area contributed by atoms with E-state index in [2.05, 4.69) is 15.0 Å². The van der Waals surface area contributed by atoms with E-state index in [9.17, 15) is 9.90 Å². The topological polar surface area (TPSA) is 74.5 Å². The molecule has 4 rings (SSSR count). The van der Waals surface area contributed by atoms with Crippen LogP contribution in [0.4, 0.5) is 5.95 Å². The van der Waals surface area contributed by atoms with Crippen LogP contribution in [0.15, 0.2) is 36.4 Å². The van der Waals surface area contributed by atoms with E-state index >= 15 is 0 Å². The van der Waals surface area contributed by atoms with Crippen molar-refractivity contribution in [3.05, 3.63) is 47.8 Å². The second kappa shape index (κ2) is 6.81. The number of carbonyl (C=O) groups is 1. The maximum absolute atomic E-state index is 12.6. The Labute approximate surface area is 158 Å². The zero-order valence-corrected chi connectivity index (χ0v) is 15.7. The minimum Gasteiger partial charge on any atom is -0.396 e. The zero-order chi connectivity index (χ0) is 19.0. The Kier molecular flexibility index (Phi) is 4.47. The van der Waals surface area contributed by atoms with Crippen molar-refractivity contribution in [2.45, 2.75) is 6.92 Å². The molecule has 2 aliphatic rings. The Hall–Kier alpha value is -2.67. The van der Waals surface area contributed by atoms with Gasteiger partial charge in [0, 0.05) is 50.6 Å². The number of aromatic nitrogens is 3. The minimum absolute atomic E-state index is 0.00197. The van der Waals surface area contributed by atoms with Gasteiger partial charge >= 0.3 is 0 Å². The van der Waals surface area contributed by atoms with Crippen LogP contribution >= 0.6 is 0 Å². The molecule has 0 radical (unpaired) electrons. The number of amides is 1. The third-order valence-corrected chi connectivity index (χ3v) is 5.73. The smallest absolute Gasteiger partial charge is 0.246 e. The second-order valence-corrected chi connectivity index (χ2v) is 7.64. The molecular weight excluding hydrogens is 342 g/mol. The minimum atomic E-state index is -0.296. The maximum Gasteiger partial charge on any atom is 0.246 e. The summed E-state index contributed by atoms with van der Waals surface area (Å²) >= 11 is 0. The van der Waals surface area contributed by atoms with Crippen molar-refractivity contribution in [1.29, 1.82) is 0 Å². The van der Waals surface area contributed by atoms with Gasteiger partial charge in [0.1, 0.15) is 5.82 Å². The molecule has 0 saturated carbocycles. The van der Waals surface area contributed by atoms with Crippen molar-refractivity contribution in [2.75, 3.05) is 37.7 Å². The fraction of sp³-hybridized carbons (Fsp3) is 0.450. The standard InChI is InChI=1S/C20H25N5O2/c1-15-21-19(23(2)22-15)25-11-17-10-24(12-20(17,13-25)14-26)18(27)9-8-16-6-4-3-5-7-16/h3-9,17,26H,10-14H2,1-2H3/t17-,20+/m1/s1. The molecule has 0 aliphatic carbocycles. The summed E-state index contributed by atoms with van der Waals surface area (Å²) in [4.78, 5) is 21.2. The number of fused-ring (bicyclic) bond motifs is 1. The van der Waals surface area contributed by atoms with Gasteiger partial charge in [-0.25, -0.2) is 4.68 Å². The van der Waals surface area contributed by atoms with Gasteiger partial charge in [-0.05, 0) is 18.6 Å². The fourth-order valence-electron chi connectivity index (χ4n) is 4.34. The molecule has 142 valence electrons. The molecule has 1 amide bonds. The van der Waals surface area contributed by atoms with Gasteiger partial charge in [0.05, 0.1) is 6.61 Å². The van der Waals surface area contributed by atoms with E-state index in [1.54, 1.807) is 10.8 Å². The van der Waals surface area contributed by atoms with Crippen LogP contribution in [0.3, 0.4) is 0 Å². The summed E-state index contributed by atoms with van der Waals surface area (Å²) in [5.41, 5.74) is 0.710. The third kappa shape index (κ3) is 3.23. The van der Waals surface area contributed by atoms with Crippen molar-refractivity contribution >= 4 is 17.9 Å². The molecule has 0 unspecified atom stereocenters. The van der Waals surface area contributed by atoms with E-state index < -0.39 is 0 Å². The van der Waals surface area contributed by atoms with Gasteiger partial charge in [-0.1, -0.05) is 30.3 Å². The van der Waals surface area contributed by atoms with Crippen molar-refractivity contribution < 1.29 is 9.90 Å². The van der Waals surface area contributed by atoms with E-state index in [4.69, 9.17) is 0 Å². The van der Waals surface area contributed by atoms with Gasteiger partial charge in [-0.15, -0.1) is 0 Å². The Bertz CT molecular complexity index is 863. The fourth-order valence-corrected chi connectivity index (χ4v) is 4.34. The van der Waals surface area contributed by atoms with Crippen LogP contribution in [-0.4, -0.2) is 63.5 Å². The Morgan fingerprint density at radius 1 is 1.30 bits per heavy atom. The number of likely N-dealkylation sites (tertiary alicyclic amines) is 1. The number of carbonyl (C=O) groups excluding carboxylic acids is 1. The first-order chi connectivity index (χ1) is 13.0. The number of anilines is 1. The van der Waals surface area contributed by atoms with Crippen LogP contribution in [-0.2, 0) is 11.8 Å². The van der Waals surface area contributed by atoms with E-state index in [0.29, 0.717) is 19.6 Å². The lowest BCUT2D eigenvalue weighted by Gasteiger charge is -2.27. The molecule has 2 aromatic rings. The molecule has 7 nitrogen and oxygen atoms in total. The summed E-state index contributed by atoms with van der Waals surface area (Å²) in [6.45, 7) is 4.63. The van der Waals surface area contributed by atoms with Gasteiger partial charge in [-0.2, -0.15) is 10.1 Å². The molecule has 0 bridgehead atoms. The predicted octanol–water partition coefficient (Wildman–Crippen LogP) is 1.09. The van der Waals surface area contributed by atoms with Gasteiger partial charge in [-0.3, -0.25) is 4.79 Å². The number of aliphatic hydroxyl groups excluding tert-OH is 1. The number of aryl methyl sites for hydroxylation is 2. The van der Waals surface area contributed by atoms with E-state index in [1.165, 1.54) is 0 Å². The van der Waals surface area contributed by atoms with Crippen LogP contribution in [0.1, 0.15) is 11.4 Å². The van der Waals surface area contributed by atoms with Crippen molar-refractivity contribution in [1.82, 2.24) is 19.7 Å². The summed E-state index contributed by atoms with van der Waals surface area (Å²) in [7, 11) is 1.89. The maximum atomic E-state index is 12.6. The normalized spacial score (nSPS) is 24.8. The number of benzene rings is 1. The molecule has 1 N–H and O–H groups in total. The van der Waals surface area contributed by atoms with Crippen LogP contribution in [0, 0.1) is 18.3 Å². The van der Waals surface area contributed by atoms with Crippen molar-refractivity contribution in [3.63, 3.8) is 0 Å². The lowest BCUT2D eigenvalue weighted by atomic mass is 9.82. The highest BCUT2D eigenvalue weighted by Gasteiger charge is 2.53. The number of aliphatic hydroxyl groups is 1. The van der Waals surface area contributed by atoms with E-state index in [1.807, 2.05) is 55.3 Å². The van der Waals surface area contributed by atoms with Crippen LogP contribution in [0.2, 0.25) is 0 Å². The summed E-state index contributed by atoms with van der Waals surface area (Å²) in [6.07, 6.45) is 3.47. The average molecular weight is 367 g/mol. The number of hydrogen-bond donors (Lipinski definition) is 1. The Morgan fingerprint density at radius 2 is 2.07 bits per heavy atom. The van der Waals surface area contributed by atoms with Gasteiger partial charge in [0.25, 0.3) is 0 Å². The predicted molar refractivity (Wildman–Crippen MR) is 103 cm³/mol. The first kappa shape index (κ1) is 17.7. The Balaban J connectivity index is 1.46. The van der Waals surface area contributed by atoms with Crippen LogP contribution < -0.4 is 4.90 Å². The molecule has 1 aromatic heterocycles. The molecule has 1 aromatic carbocycles. The first-order valence-corrected chi connectivity index (χ1v) is 9.26. The van der Waals surface area contributed by atoms with Gasteiger partial charge in [0.15, 0.2) is 0 Å². The summed E-state index contributed by atoms with van der Waals surface area (Å²) in [6, 6.07) is 9.80. The quantitative estimate of drug-likeness (QED) is 0.819. The van der Waals surface area contributed by atoms with Crippen LogP contribution in [0.5, 0.6) is 0 Å². The highest BCUT2D eigenvalue weighted by Crippen LogP contribution is 2.43. The average Bonchev–Trinajstić information content (AvgIpc) is 3.30. The first-order valence-electron chi connectivity index (χ1n) is 9.26. The van der Waals surface area contributed by atoms with Gasteiger partial charge in [0.2, 0.25) is 11.9 Å². The number of hydrogen-bond acceptors (Lipinski definition) is 5. The largest absolute Gasteiger partial charge is 0.396 e. The molecule has 0 spiro atoms. The number of rotatable bonds is 4. The van der Waals surface area contributed by atoms with Crippen LogP contribution in [0.25, 0.3) is 6.08 Å². The molecule has 2 fully saturated rings. The highest BCUT2D eigenvalue weighted by molar-refractivity contribution is 5.92. The summed E-state index contributed by atoms with van der Waals surface area (Å²) in [5, 5.41) is 14.5. The third-order valence-electron chi connectivity index (χ3n) is 5.73. The molecule has 27 heavy (non-hydrogen) atoms. The lowest BCUT2D eigenvalue weighted by Crippen LogP contribution is -2.39. The lowest BCUT2D eigenvalue weighted by molar-refractivity contribution is -0.125. The van der Waals surface area contributed by atoms with E-state index in [-0.39, 0.29) is 23.8 Å². The van der Waals surface area contributed by atoms with Crippen molar-refractivity contribution in [3.8, 4) is 0 Å². The highest BCUT2D eigenvalue weighted by atomic mass is 16.3. The monoisotopic (exact) mass is 367 g/mol. The molecular formula is C20H25N5O2. The zero-order valence-electron chi connectivity index (χ0n) is 15.7. The summed E-state index contributed by atoms with van der Waals surface area (Å²) in [5.74, 6) is 1.80. The summed E-state index contributed by atoms with van der Waals surface area (Å²) < 4.78 is 1.78. The number of nitrogens with zero attached hydrogens (tertiary/aromatic N) is 5.